The number of fused-ring (bicyclic) bond motifs is 4. The fourth-order valence-corrected chi connectivity index (χ4v) is 3.95. The zero-order valence-corrected chi connectivity index (χ0v) is 12.8. The third kappa shape index (κ3) is 1.98. The summed E-state index contributed by atoms with van der Waals surface area (Å²) < 4.78 is 0. The van der Waals surface area contributed by atoms with Gasteiger partial charge in [-0.1, -0.05) is 49.4 Å². The molecule has 0 spiro atoms. The molecule has 0 aromatic heterocycles. The second-order valence-electron chi connectivity index (χ2n) is 6.34. The minimum atomic E-state index is -1.29. The van der Waals surface area contributed by atoms with Crippen molar-refractivity contribution in [2.75, 3.05) is 0 Å². The molecule has 0 saturated heterocycles. The van der Waals surface area contributed by atoms with Crippen molar-refractivity contribution >= 4 is 11.9 Å². The van der Waals surface area contributed by atoms with E-state index in [0.717, 1.165) is 17.5 Å². The smallest absolute Gasteiger partial charge is 0.255 e. The van der Waals surface area contributed by atoms with Crippen LogP contribution in [-0.2, 0) is 6.54 Å². The van der Waals surface area contributed by atoms with Gasteiger partial charge >= 0.3 is 0 Å². The number of amides is 1. The van der Waals surface area contributed by atoms with Gasteiger partial charge in [-0.05, 0) is 29.0 Å². The first-order valence-electron chi connectivity index (χ1n) is 7.81. The Labute approximate surface area is 134 Å². The molecule has 4 rings (SSSR count). The van der Waals surface area contributed by atoms with Gasteiger partial charge in [-0.3, -0.25) is 4.79 Å². The molecule has 0 aliphatic carbocycles. The highest BCUT2D eigenvalue weighted by molar-refractivity contribution is 6.07. The zero-order chi connectivity index (χ0) is 16.1. The van der Waals surface area contributed by atoms with Crippen molar-refractivity contribution in [3.63, 3.8) is 0 Å². The van der Waals surface area contributed by atoms with Crippen molar-refractivity contribution in [2.45, 2.75) is 31.8 Å². The van der Waals surface area contributed by atoms with Gasteiger partial charge in [0, 0.05) is 12.1 Å². The van der Waals surface area contributed by atoms with Crippen LogP contribution in [0, 0.1) is 0 Å². The van der Waals surface area contributed by atoms with Gasteiger partial charge in [0.1, 0.15) is 0 Å². The normalized spacial score (nSPS) is 22.1. The van der Waals surface area contributed by atoms with Gasteiger partial charge in [0.25, 0.3) is 5.91 Å². The molecule has 0 unspecified atom stereocenters. The second kappa shape index (κ2) is 4.95. The maximum absolute atomic E-state index is 12.9. The van der Waals surface area contributed by atoms with Crippen LogP contribution in [0.3, 0.4) is 0 Å². The van der Waals surface area contributed by atoms with E-state index in [4.69, 9.17) is 0 Å². The number of carbonyl (C=O) groups excluding carboxylic acids is 2. The van der Waals surface area contributed by atoms with Crippen molar-refractivity contribution in [1.82, 2.24) is 4.90 Å². The summed E-state index contributed by atoms with van der Waals surface area (Å²) in [7, 11) is 0. The zero-order valence-electron chi connectivity index (χ0n) is 12.8. The molecule has 2 aliphatic heterocycles. The molecule has 0 radical (unpaired) electrons. The fraction of sp³-hybridized carbons (Fsp3) is 0.263. The number of hydrogen-bond acceptors (Lipinski definition) is 3. The lowest BCUT2D eigenvalue weighted by Crippen LogP contribution is -2.28. The van der Waals surface area contributed by atoms with E-state index in [0.29, 0.717) is 18.0 Å². The van der Waals surface area contributed by atoms with Gasteiger partial charge in [-0.15, -0.1) is 0 Å². The molecule has 0 saturated carbocycles. The quantitative estimate of drug-likeness (QED) is 0.812. The Morgan fingerprint density at radius 2 is 1.87 bits per heavy atom. The largest absolute Gasteiger partial charge is 0.545 e. The molecular weight excluding hydrogens is 290 g/mol. The lowest BCUT2D eigenvalue weighted by Gasteiger charge is -2.23. The maximum atomic E-state index is 12.9. The molecule has 0 N–H and O–H groups in total. The van der Waals surface area contributed by atoms with Crippen LogP contribution in [0.1, 0.15) is 62.7 Å². The Hall–Kier alpha value is -2.62. The van der Waals surface area contributed by atoms with Crippen LogP contribution in [0.4, 0.5) is 0 Å². The van der Waals surface area contributed by atoms with E-state index in [1.54, 1.807) is 11.0 Å². The number of carboxylic acids is 1. The summed E-state index contributed by atoms with van der Waals surface area (Å²) in [6, 6.07) is 13.1. The van der Waals surface area contributed by atoms with E-state index in [1.807, 2.05) is 24.3 Å². The van der Waals surface area contributed by atoms with Crippen molar-refractivity contribution in [1.29, 1.82) is 0 Å². The van der Waals surface area contributed by atoms with Gasteiger partial charge in [-0.25, -0.2) is 0 Å². The molecule has 2 atom stereocenters. The van der Waals surface area contributed by atoms with Gasteiger partial charge in [0.2, 0.25) is 0 Å². The van der Waals surface area contributed by atoms with Gasteiger partial charge in [-0.2, -0.15) is 0 Å². The Bertz CT molecular complexity index is 827. The van der Waals surface area contributed by atoms with Crippen molar-refractivity contribution < 1.29 is 14.7 Å². The van der Waals surface area contributed by atoms with Crippen LogP contribution in [-0.4, -0.2) is 16.8 Å². The molecule has 2 aromatic carbocycles. The summed E-state index contributed by atoms with van der Waals surface area (Å²) in [5, 5.41) is 11.4. The average molecular weight is 306 g/mol. The summed E-state index contributed by atoms with van der Waals surface area (Å²) in [5.41, 5.74) is 3.54. The number of rotatable bonds is 1. The predicted molar refractivity (Wildman–Crippen MR) is 82.9 cm³/mol. The Kier molecular flexibility index (Phi) is 3.01. The lowest BCUT2D eigenvalue weighted by atomic mass is 9.89. The molecule has 2 aliphatic rings. The molecule has 0 bridgehead atoms. The highest BCUT2D eigenvalue weighted by Crippen LogP contribution is 2.45. The Morgan fingerprint density at radius 3 is 2.65 bits per heavy atom. The van der Waals surface area contributed by atoms with E-state index < -0.39 is 5.97 Å². The maximum Gasteiger partial charge on any atom is 0.255 e. The summed E-state index contributed by atoms with van der Waals surface area (Å²) in [4.78, 5) is 26.0. The summed E-state index contributed by atoms with van der Waals surface area (Å²) in [6.07, 6.45) is 0.798. The third-order valence-corrected chi connectivity index (χ3v) is 5.03. The molecule has 23 heavy (non-hydrogen) atoms. The first-order valence-corrected chi connectivity index (χ1v) is 7.81. The van der Waals surface area contributed by atoms with E-state index in [2.05, 4.69) is 13.0 Å². The Morgan fingerprint density at radius 1 is 1.13 bits per heavy atom. The van der Waals surface area contributed by atoms with Gasteiger partial charge < -0.3 is 14.8 Å². The minimum Gasteiger partial charge on any atom is -0.545 e. The SMILES string of the molecule is C[C@@H]1C[C@H]2c3cccc(C(=O)[O-])c3C(=O)N2Cc2ccccc21. The number of aromatic carboxylic acids is 1. The first-order chi connectivity index (χ1) is 11.1. The predicted octanol–water partition coefficient (Wildman–Crippen LogP) is 2.25. The number of hydrogen-bond donors (Lipinski definition) is 0. The molecule has 2 heterocycles. The van der Waals surface area contributed by atoms with Crippen LogP contribution < -0.4 is 5.11 Å². The van der Waals surface area contributed by atoms with Crippen LogP contribution in [0.2, 0.25) is 0 Å². The van der Waals surface area contributed by atoms with Gasteiger partial charge in [0.05, 0.1) is 17.6 Å². The number of nitrogens with zero attached hydrogens (tertiary/aromatic N) is 1. The summed E-state index contributed by atoms with van der Waals surface area (Å²) >= 11 is 0. The first kappa shape index (κ1) is 14.0. The van der Waals surface area contributed by atoms with E-state index >= 15 is 0 Å². The topological polar surface area (TPSA) is 60.4 Å². The highest BCUT2D eigenvalue weighted by atomic mass is 16.4. The van der Waals surface area contributed by atoms with Crippen molar-refractivity contribution in [3.8, 4) is 0 Å². The standard InChI is InChI=1S/C19H17NO3/c1-11-9-16-14-7-4-8-15(19(22)23)17(14)18(21)20(16)10-12-5-2-3-6-13(11)12/h2-8,11,16H,9-10H2,1H3,(H,22,23)/p-1/t11-,16+/m1/s1. The van der Waals surface area contributed by atoms with Crippen LogP contribution >= 0.6 is 0 Å². The molecule has 0 fully saturated rings. The fourth-order valence-electron chi connectivity index (χ4n) is 3.95. The van der Waals surface area contributed by atoms with E-state index in [9.17, 15) is 14.7 Å². The van der Waals surface area contributed by atoms with Gasteiger partial charge in [0.15, 0.2) is 0 Å². The van der Waals surface area contributed by atoms with Crippen LogP contribution in [0.5, 0.6) is 0 Å². The number of benzene rings is 2. The molecule has 4 nitrogen and oxygen atoms in total. The third-order valence-electron chi connectivity index (χ3n) is 5.03. The number of carboxylic acid groups (broad SMARTS) is 1. The summed E-state index contributed by atoms with van der Waals surface area (Å²) in [6.45, 7) is 2.68. The van der Waals surface area contributed by atoms with Crippen molar-refractivity contribution in [2.24, 2.45) is 0 Å². The summed E-state index contributed by atoms with van der Waals surface area (Å²) in [5.74, 6) is -1.18. The van der Waals surface area contributed by atoms with E-state index in [-0.39, 0.29) is 17.5 Å². The number of carbonyl (C=O) groups is 2. The lowest BCUT2D eigenvalue weighted by molar-refractivity contribution is -0.255. The molecular formula is C19H16NO3-. The Balaban J connectivity index is 1.85. The average Bonchev–Trinajstić information content (AvgIpc) is 2.72. The van der Waals surface area contributed by atoms with Crippen LogP contribution in [0.15, 0.2) is 42.5 Å². The van der Waals surface area contributed by atoms with Crippen LogP contribution in [0.25, 0.3) is 0 Å². The second-order valence-corrected chi connectivity index (χ2v) is 6.34. The minimum absolute atomic E-state index is 0.00140. The molecule has 2 aromatic rings. The monoisotopic (exact) mass is 306 g/mol. The van der Waals surface area contributed by atoms with Crippen molar-refractivity contribution in [3.05, 3.63) is 70.3 Å². The molecule has 116 valence electrons. The van der Waals surface area contributed by atoms with E-state index in [1.165, 1.54) is 11.6 Å². The molecule has 4 heteroatoms. The highest BCUT2D eigenvalue weighted by Gasteiger charge is 2.41. The molecule has 1 amide bonds.